The zero-order valence-corrected chi connectivity index (χ0v) is 19.4. The molecule has 1 fully saturated rings. The van der Waals surface area contributed by atoms with Gasteiger partial charge in [-0.2, -0.15) is 0 Å². The van der Waals surface area contributed by atoms with Crippen LogP contribution in [-0.4, -0.2) is 60.5 Å². The maximum Gasteiger partial charge on any atom is 0.249 e. The van der Waals surface area contributed by atoms with Gasteiger partial charge in [0.15, 0.2) is 6.29 Å². The summed E-state index contributed by atoms with van der Waals surface area (Å²) >= 11 is 0. The molecule has 1 aliphatic rings. The predicted octanol–water partition coefficient (Wildman–Crippen LogP) is 1.89. The van der Waals surface area contributed by atoms with Crippen LogP contribution in [0.4, 0.5) is 0 Å². The van der Waals surface area contributed by atoms with E-state index in [-0.39, 0.29) is 37.8 Å². The minimum absolute atomic E-state index is 0.0577. The summed E-state index contributed by atoms with van der Waals surface area (Å²) in [5.41, 5.74) is 0.112. The molecule has 3 atom stereocenters. The van der Waals surface area contributed by atoms with Crippen LogP contribution in [0.5, 0.6) is 11.5 Å². The molecule has 0 aliphatic carbocycles. The highest BCUT2D eigenvalue weighted by molar-refractivity contribution is 5.82. The van der Waals surface area contributed by atoms with Gasteiger partial charge in [-0.15, -0.1) is 0 Å². The van der Waals surface area contributed by atoms with E-state index in [0.717, 1.165) is 0 Å². The number of para-hydroxylation sites is 1. The predicted molar refractivity (Wildman–Crippen MR) is 124 cm³/mol. The first-order chi connectivity index (χ1) is 16.3. The summed E-state index contributed by atoms with van der Waals surface area (Å²) in [6, 6.07) is 15.6. The summed E-state index contributed by atoms with van der Waals surface area (Å²) < 4.78 is 17.2. The van der Waals surface area contributed by atoms with Crippen LogP contribution in [0.15, 0.2) is 54.6 Å². The van der Waals surface area contributed by atoms with Crippen LogP contribution in [0.3, 0.4) is 0 Å². The highest BCUT2D eigenvalue weighted by atomic mass is 16.7. The number of aliphatic hydroxyl groups excluding tert-OH is 1. The fourth-order valence-corrected chi connectivity index (χ4v) is 3.47. The Morgan fingerprint density at radius 1 is 1.09 bits per heavy atom. The van der Waals surface area contributed by atoms with Gasteiger partial charge in [0.2, 0.25) is 11.8 Å². The van der Waals surface area contributed by atoms with Gasteiger partial charge in [0, 0.05) is 17.5 Å². The molecule has 3 rings (SSSR count). The summed E-state index contributed by atoms with van der Waals surface area (Å²) in [5, 5.41) is 24.9. The molecule has 1 aliphatic heterocycles. The topological polar surface area (TPSA) is 126 Å². The Labute approximate surface area is 199 Å². The van der Waals surface area contributed by atoms with E-state index in [1.54, 1.807) is 12.1 Å². The van der Waals surface area contributed by atoms with Crippen LogP contribution in [-0.2, 0) is 19.1 Å². The number of ether oxygens (including phenoxy) is 3. The van der Waals surface area contributed by atoms with Crippen molar-refractivity contribution >= 4 is 11.8 Å². The van der Waals surface area contributed by atoms with Crippen molar-refractivity contribution < 1.29 is 34.0 Å². The molecule has 4 N–H and O–H groups in total. The van der Waals surface area contributed by atoms with E-state index >= 15 is 0 Å². The average Bonchev–Trinajstić information content (AvgIpc) is 2.82. The summed E-state index contributed by atoms with van der Waals surface area (Å²) in [5.74, 6) is -0.0479. The number of hydrogen-bond acceptors (Lipinski definition) is 7. The molecular formula is C25H32N2O7. The number of carbonyl (C=O) groups is 2. The second kappa shape index (κ2) is 11.8. The van der Waals surface area contributed by atoms with Gasteiger partial charge in [-0.25, -0.2) is 0 Å². The molecular weight excluding hydrogens is 440 g/mol. The van der Waals surface area contributed by atoms with Gasteiger partial charge < -0.3 is 35.1 Å². The van der Waals surface area contributed by atoms with Gasteiger partial charge in [0.05, 0.1) is 13.2 Å². The standard InChI is InChI=1S/C25H32N2O7/c1-25(2)16-33-24(17-8-10-18(28)11-9-17)34-21(25)23(31)26-13-12-20(29)22(30)27-14-15-32-19-6-4-3-5-7-19/h3-11,20-21,24,28-29H,12-16H2,1-2H3,(H,26,31)(H,27,30)/t20?,21-,24?/m0/s1. The van der Waals surface area contributed by atoms with Crippen molar-refractivity contribution in [3.8, 4) is 11.5 Å². The molecule has 2 aromatic carbocycles. The first kappa shape index (κ1) is 25.5. The molecule has 0 bridgehead atoms. The lowest BCUT2D eigenvalue weighted by molar-refractivity contribution is -0.258. The molecule has 34 heavy (non-hydrogen) atoms. The van der Waals surface area contributed by atoms with E-state index in [2.05, 4.69) is 10.6 Å². The first-order valence-electron chi connectivity index (χ1n) is 11.2. The second-order valence-corrected chi connectivity index (χ2v) is 8.79. The Balaban J connectivity index is 1.40. The number of aromatic hydroxyl groups is 1. The van der Waals surface area contributed by atoms with Gasteiger partial charge in [0.1, 0.15) is 30.3 Å². The normalized spacial score (nSPS) is 20.2. The van der Waals surface area contributed by atoms with Crippen LogP contribution in [0.2, 0.25) is 0 Å². The number of nitrogens with one attached hydrogen (secondary N) is 2. The van der Waals surface area contributed by atoms with Crippen molar-refractivity contribution in [1.29, 1.82) is 0 Å². The Bertz CT molecular complexity index is 934. The molecule has 184 valence electrons. The largest absolute Gasteiger partial charge is 0.508 e. The molecule has 0 spiro atoms. The minimum atomic E-state index is -1.26. The fourth-order valence-electron chi connectivity index (χ4n) is 3.47. The molecule has 0 aromatic heterocycles. The van der Waals surface area contributed by atoms with Crippen LogP contribution < -0.4 is 15.4 Å². The molecule has 1 heterocycles. The zero-order valence-electron chi connectivity index (χ0n) is 19.4. The molecule has 2 aromatic rings. The maximum absolute atomic E-state index is 12.8. The number of aliphatic hydroxyl groups is 1. The number of amides is 2. The number of hydrogen-bond donors (Lipinski definition) is 4. The molecule has 2 unspecified atom stereocenters. The minimum Gasteiger partial charge on any atom is -0.508 e. The Morgan fingerprint density at radius 3 is 2.50 bits per heavy atom. The lowest BCUT2D eigenvalue weighted by atomic mass is 9.85. The number of rotatable bonds is 10. The summed E-state index contributed by atoms with van der Waals surface area (Å²) in [7, 11) is 0. The highest BCUT2D eigenvalue weighted by Gasteiger charge is 2.43. The van der Waals surface area contributed by atoms with Crippen molar-refractivity contribution in [2.75, 3.05) is 26.3 Å². The van der Waals surface area contributed by atoms with E-state index in [1.165, 1.54) is 12.1 Å². The van der Waals surface area contributed by atoms with Crippen LogP contribution >= 0.6 is 0 Å². The maximum atomic E-state index is 12.8. The highest BCUT2D eigenvalue weighted by Crippen LogP contribution is 2.36. The smallest absolute Gasteiger partial charge is 0.249 e. The van der Waals surface area contributed by atoms with Gasteiger partial charge in [0.25, 0.3) is 0 Å². The van der Waals surface area contributed by atoms with Crippen molar-refractivity contribution in [1.82, 2.24) is 10.6 Å². The van der Waals surface area contributed by atoms with Gasteiger partial charge in [-0.3, -0.25) is 9.59 Å². The SMILES string of the molecule is CC1(C)COC(c2ccc(O)cc2)O[C@H]1C(=O)NCCC(O)C(=O)NCCOc1ccccc1. The fraction of sp³-hybridized carbons (Fsp3) is 0.440. The quantitative estimate of drug-likeness (QED) is 0.389. The van der Waals surface area contributed by atoms with Crippen molar-refractivity contribution in [2.24, 2.45) is 5.41 Å². The van der Waals surface area contributed by atoms with Crippen LogP contribution in [0, 0.1) is 5.41 Å². The molecule has 1 saturated heterocycles. The van der Waals surface area contributed by atoms with Gasteiger partial charge in [-0.1, -0.05) is 44.2 Å². The molecule has 9 nitrogen and oxygen atoms in total. The van der Waals surface area contributed by atoms with E-state index in [1.807, 2.05) is 44.2 Å². The van der Waals surface area contributed by atoms with Gasteiger partial charge in [-0.05, 0) is 30.7 Å². The molecule has 9 heteroatoms. The van der Waals surface area contributed by atoms with Crippen molar-refractivity contribution in [2.45, 2.75) is 38.8 Å². The Hall–Kier alpha value is -3.14. The van der Waals surface area contributed by atoms with Crippen LogP contribution in [0.25, 0.3) is 0 Å². The summed E-state index contributed by atoms with van der Waals surface area (Å²) in [6.07, 6.45) is -2.73. The third kappa shape index (κ3) is 7.18. The number of phenolic OH excluding ortho intramolecular Hbond substituents is 1. The summed E-state index contributed by atoms with van der Waals surface area (Å²) in [4.78, 5) is 24.9. The lowest BCUT2D eigenvalue weighted by Gasteiger charge is -2.41. The Kier molecular flexibility index (Phi) is 8.86. The lowest BCUT2D eigenvalue weighted by Crippen LogP contribution is -2.52. The number of phenols is 1. The van der Waals surface area contributed by atoms with Crippen LogP contribution in [0.1, 0.15) is 32.1 Å². The first-order valence-corrected chi connectivity index (χ1v) is 11.2. The van der Waals surface area contributed by atoms with Crippen molar-refractivity contribution in [3.05, 3.63) is 60.2 Å². The average molecular weight is 473 g/mol. The third-order valence-electron chi connectivity index (χ3n) is 5.41. The second-order valence-electron chi connectivity index (χ2n) is 8.79. The van der Waals surface area contributed by atoms with E-state index in [0.29, 0.717) is 17.9 Å². The third-order valence-corrected chi connectivity index (χ3v) is 5.41. The van der Waals surface area contributed by atoms with E-state index in [9.17, 15) is 19.8 Å². The van der Waals surface area contributed by atoms with E-state index < -0.39 is 29.8 Å². The zero-order chi connectivity index (χ0) is 24.6. The van der Waals surface area contributed by atoms with Gasteiger partial charge >= 0.3 is 0 Å². The number of carbonyl (C=O) groups excluding carboxylic acids is 2. The number of benzene rings is 2. The van der Waals surface area contributed by atoms with E-state index in [4.69, 9.17) is 14.2 Å². The summed E-state index contributed by atoms with van der Waals surface area (Å²) in [6.45, 7) is 4.66. The molecule has 0 saturated carbocycles. The molecule has 2 amide bonds. The molecule has 0 radical (unpaired) electrons. The monoisotopic (exact) mass is 472 g/mol. The Morgan fingerprint density at radius 2 is 1.79 bits per heavy atom. The van der Waals surface area contributed by atoms with Crippen molar-refractivity contribution in [3.63, 3.8) is 0 Å².